The molecule has 1 aromatic rings. The van der Waals surface area contributed by atoms with Crippen molar-refractivity contribution in [3.05, 3.63) is 35.9 Å². The zero-order chi connectivity index (χ0) is 28.1. The molecule has 0 saturated carbocycles. The normalized spacial score (nSPS) is 17.2. The molecule has 4 atom stereocenters. The molecule has 0 radical (unpaired) electrons. The number of carboxylic acids is 1. The second-order valence-corrected chi connectivity index (χ2v) is 10.2. The Bertz CT molecular complexity index is 974. The van der Waals surface area contributed by atoms with E-state index in [9.17, 15) is 24.3 Å². The SMILES string of the molecule is CSCCC(N)C(=O)NC(CCCN=C(N)N)C(=O)NC(Cc1ccccc1)C(=O)N1CCCC1C(=O)O. The lowest BCUT2D eigenvalue weighted by atomic mass is 10.0. The van der Waals surface area contributed by atoms with Crippen molar-refractivity contribution in [2.75, 3.05) is 25.1 Å². The van der Waals surface area contributed by atoms with Gasteiger partial charge >= 0.3 is 5.97 Å². The molecule has 9 N–H and O–H groups in total. The van der Waals surface area contributed by atoms with Gasteiger partial charge in [0.05, 0.1) is 6.04 Å². The zero-order valence-corrected chi connectivity index (χ0v) is 22.5. The van der Waals surface area contributed by atoms with Gasteiger partial charge in [0.1, 0.15) is 18.1 Å². The van der Waals surface area contributed by atoms with E-state index in [1.165, 1.54) is 4.90 Å². The highest BCUT2D eigenvalue weighted by molar-refractivity contribution is 7.98. The van der Waals surface area contributed by atoms with Crippen molar-refractivity contribution in [3.8, 4) is 0 Å². The number of carbonyl (C=O) groups excluding carboxylic acids is 3. The monoisotopic (exact) mass is 549 g/mol. The molecule has 0 aromatic heterocycles. The van der Waals surface area contributed by atoms with Gasteiger partial charge in [-0.25, -0.2) is 4.79 Å². The molecule has 1 heterocycles. The molecule has 3 amide bonds. The van der Waals surface area contributed by atoms with E-state index in [1.54, 1.807) is 11.8 Å². The number of nitrogens with two attached hydrogens (primary N) is 3. The van der Waals surface area contributed by atoms with E-state index in [1.807, 2.05) is 36.6 Å². The second-order valence-electron chi connectivity index (χ2n) is 9.18. The fourth-order valence-corrected chi connectivity index (χ4v) is 4.73. The van der Waals surface area contributed by atoms with Crippen LogP contribution in [0, 0.1) is 0 Å². The molecule has 1 aromatic carbocycles. The van der Waals surface area contributed by atoms with Gasteiger partial charge in [-0.1, -0.05) is 30.3 Å². The minimum Gasteiger partial charge on any atom is -0.480 e. The van der Waals surface area contributed by atoms with Crippen LogP contribution in [0.2, 0.25) is 0 Å². The topological polar surface area (TPSA) is 206 Å². The number of carbonyl (C=O) groups is 4. The molecular weight excluding hydrogens is 510 g/mol. The summed E-state index contributed by atoms with van der Waals surface area (Å²) in [5.74, 6) is -2.00. The van der Waals surface area contributed by atoms with Gasteiger partial charge in [-0.2, -0.15) is 11.8 Å². The number of aliphatic imine (C=N–C) groups is 1. The van der Waals surface area contributed by atoms with Gasteiger partial charge < -0.3 is 37.8 Å². The predicted molar refractivity (Wildman–Crippen MR) is 147 cm³/mol. The number of benzene rings is 1. The number of guanidine groups is 1. The Morgan fingerprint density at radius 1 is 1.11 bits per heavy atom. The first-order valence-electron chi connectivity index (χ1n) is 12.6. The summed E-state index contributed by atoms with van der Waals surface area (Å²) in [7, 11) is 0. The Hall–Kier alpha value is -3.32. The van der Waals surface area contributed by atoms with Crippen LogP contribution >= 0.6 is 11.8 Å². The third kappa shape index (κ3) is 9.86. The lowest BCUT2D eigenvalue weighted by molar-refractivity contribution is -0.149. The molecule has 12 nitrogen and oxygen atoms in total. The van der Waals surface area contributed by atoms with E-state index in [0.29, 0.717) is 38.0 Å². The third-order valence-electron chi connectivity index (χ3n) is 6.27. The van der Waals surface area contributed by atoms with Crippen molar-refractivity contribution in [1.82, 2.24) is 15.5 Å². The minimum absolute atomic E-state index is 0.0822. The van der Waals surface area contributed by atoms with Crippen molar-refractivity contribution in [1.29, 1.82) is 0 Å². The molecule has 38 heavy (non-hydrogen) atoms. The Morgan fingerprint density at radius 2 is 1.79 bits per heavy atom. The summed E-state index contributed by atoms with van der Waals surface area (Å²) in [6.45, 7) is 0.543. The van der Waals surface area contributed by atoms with E-state index in [2.05, 4.69) is 15.6 Å². The summed E-state index contributed by atoms with van der Waals surface area (Å²) in [5, 5.41) is 15.0. The molecule has 13 heteroatoms. The van der Waals surface area contributed by atoms with Crippen molar-refractivity contribution < 1.29 is 24.3 Å². The summed E-state index contributed by atoms with van der Waals surface area (Å²) in [5.41, 5.74) is 17.5. The third-order valence-corrected chi connectivity index (χ3v) is 6.91. The van der Waals surface area contributed by atoms with Crippen LogP contribution in [0.5, 0.6) is 0 Å². The van der Waals surface area contributed by atoms with Crippen molar-refractivity contribution in [2.24, 2.45) is 22.2 Å². The lowest BCUT2D eigenvalue weighted by Crippen LogP contribution is -2.57. The molecule has 2 rings (SSSR count). The predicted octanol–water partition coefficient (Wildman–Crippen LogP) is -0.592. The van der Waals surface area contributed by atoms with E-state index < -0.39 is 47.9 Å². The highest BCUT2D eigenvalue weighted by Gasteiger charge is 2.38. The maximum atomic E-state index is 13.5. The fourth-order valence-electron chi connectivity index (χ4n) is 4.24. The Balaban J connectivity index is 2.23. The van der Waals surface area contributed by atoms with Crippen molar-refractivity contribution in [3.63, 3.8) is 0 Å². The molecule has 4 unspecified atom stereocenters. The number of likely N-dealkylation sites (tertiary alicyclic amines) is 1. The van der Waals surface area contributed by atoms with Crippen LogP contribution in [0.15, 0.2) is 35.3 Å². The van der Waals surface area contributed by atoms with Gasteiger partial charge in [-0.15, -0.1) is 0 Å². The van der Waals surface area contributed by atoms with E-state index in [4.69, 9.17) is 17.2 Å². The Morgan fingerprint density at radius 3 is 2.42 bits per heavy atom. The first-order valence-corrected chi connectivity index (χ1v) is 14.0. The van der Waals surface area contributed by atoms with Gasteiger partial charge in [0.15, 0.2) is 5.96 Å². The largest absolute Gasteiger partial charge is 0.480 e. The number of carboxylic acid groups (broad SMARTS) is 1. The number of nitrogens with one attached hydrogen (secondary N) is 2. The van der Waals surface area contributed by atoms with Crippen LogP contribution in [0.4, 0.5) is 0 Å². The molecule has 0 spiro atoms. The number of aliphatic carboxylic acids is 1. The van der Waals surface area contributed by atoms with Crippen LogP contribution in [0.3, 0.4) is 0 Å². The summed E-state index contributed by atoms with van der Waals surface area (Å²) in [4.78, 5) is 56.6. The Kier molecular flexibility index (Phi) is 12.9. The Labute approximate surface area is 227 Å². The van der Waals surface area contributed by atoms with Gasteiger partial charge in [-0.3, -0.25) is 19.4 Å². The van der Waals surface area contributed by atoms with E-state index >= 15 is 0 Å². The van der Waals surface area contributed by atoms with Crippen LogP contribution in [0.25, 0.3) is 0 Å². The summed E-state index contributed by atoms with van der Waals surface area (Å²) < 4.78 is 0. The number of rotatable bonds is 15. The quantitative estimate of drug-likeness (QED) is 0.0937. The second kappa shape index (κ2) is 15.8. The number of hydrogen-bond donors (Lipinski definition) is 6. The van der Waals surface area contributed by atoms with Gasteiger partial charge in [0, 0.05) is 19.5 Å². The highest BCUT2D eigenvalue weighted by Crippen LogP contribution is 2.20. The average Bonchev–Trinajstić information content (AvgIpc) is 3.39. The van der Waals surface area contributed by atoms with Gasteiger partial charge in [-0.05, 0) is 49.7 Å². The smallest absolute Gasteiger partial charge is 0.326 e. The van der Waals surface area contributed by atoms with Crippen molar-refractivity contribution >= 4 is 41.4 Å². The molecule has 210 valence electrons. The molecule has 1 fully saturated rings. The van der Waals surface area contributed by atoms with Crippen LogP contribution < -0.4 is 27.8 Å². The number of hydrogen-bond acceptors (Lipinski definition) is 7. The lowest BCUT2D eigenvalue weighted by Gasteiger charge is -2.29. The zero-order valence-electron chi connectivity index (χ0n) is 21.7. The minimum atomic E-state index is -1.08. The molecule has 1 saturated heterocycles. The number of amides is 3. The molecule has 0 aliphatic carbocycles. The fraction of sp³-hybridized carbons (Fsp3) is 0.560. The first kappa shape index (κ1) is 30.9. The molecule has 1 aliphatic rings. The molecule has 0 bridgehead atoms. The molecule has 1 aliphatic heterocycles. The standard InChI is InChI=1S/C25H39N7O5S/c1-38-14-11-17(26)21(33)30-18(9-5-12-29-25(27)28)22(34)31-19(15-16-7-3-2-4-8-16)23(35)32-13-6-10-20(32)24(36)37/h2-4,7-8,17-20H,5-6,9-15,26H2,1H3,(H,30,33)(H,31,34)(H,36,37)(H4,27,28,29). The summed E-state index contributed by atoms with van der Waals surface area (Å²) >= 11 is 1.56. The van der Waals surface area contributed by atoms with Gasteiger partial charge in [0.2, 0.25) is 17.7 Å². The number of nitrogens with zero attached hydrogens (tertiary/aromatic N) is 2. The summed E-state index contributed by atoms with van der Waals surface area (Å²) in [6.07, 6.45) is 4.02. The van der Waals surface area contributed by atoms with E-state index in [0.717, 1.165) is 5.56 Å². The van der Waals surface area contributed by atoms with Crippen LogP contribution in [0.1, 0.15) is 37.7 Å². The first-order chi connectivity index (χ1) is 18.1. The maximum Gasteiger partial charge on any atom is 0.326 e. The van der Waals surface area contributed by atoms with Crippen LogP contribution in [-0.2, 0) is 25.6 Å². The van der Waals surface area contributed by atoms with E-state index in [-0.39, 0.29) is 25.3 Å². The average molecular weight is 550 g/mol. The van der Waals surface area contributed by atoms with Gasteiger partial charge in [0.25, 0.3) is 0 Å². The van der Waals surface area contributed by atoms with Crippen molar-refractivity contribution in [2.45, 2.75) is 62.7 Å². The maximum absolute atomic E-state index is 13.5. The highest BCUT2D eigenvalue weighted by atomic mass is 32.2. The number of thioether (sulfide) groups is 1. The van der Waals surface area contributed by atoms with Crippen LogP contribution in [-0.4, -0.2) is 88.9 Å². The summed E-state index contributed by atoms with van der Waals surface area (Å²) in [6, 6.07) is 5.37. The molecular formula is C25H39N7O5S.